The molecule has 1 unspecified atom stereocenters. The van der Waals surface area contributed by atoms with E-state index in [9.17, 15) is 0 Å². The standard InChI is InChI=1S/C21H27N3O3/c1-22-21(24-19-11-14-27-20-10-4-3-9-18(19)20)23-12-6-13-26-17-8-5-7-16(15-17)25-2/h3-5,7-10,15,19H,6,11-14H2,1-2H3,(H2,22,23,24). The lowest BCUT2D eigenvalue weighted by Gasteiger charge is -2.28. The molecular formula is C21H27N3O3. The number of fused-ring (bicyclic) bond motifs is 1. The van der Waals surface area contributed by atoms with E-state index >= 15 is 0 Å². The molecule has 6 heteroatoms. The Morgan fingerprint density at radius 2 is 2.04 bits per heavy atom. The number of hydrogen-bond donors (Lipinski definition) is 2. The Hall–Kier alpha value is -2.89. The van der Waals surface area contributed by atoms with Gasteiger partial charge in [0.25, 0.3) is 0 Å². The molecule has 2 aromatic rings. The summed E-state index contributed by atoms with van der Waals surface area (Å²) < 4.78 is 16.7. The zero-order chi connectivity index (χ0) is 18.9. The van der Waals surface area contributed by atoms with Gasteiger partial charge in [-0.3, -0.25) is 4.99 Å². The van der Waals surface area contributed by atoms with Crippen molar-refractivity contribution in [2.75, 3.05) is 33.9 Å². The monoisotopic (exact) mass is 369 g/mol. The minimum absolute atomic E-state index is 0.203. The zero-order valence-electron chi connectivity index (χ0n) is 15.9. The predicted molar refractivity (Wildman–Crippen MR) is 107 cm³/mol. The first-order valence-corrected chi connectivity index (χ1v) is 9.26. The quantitative estimate of drug-likeness (QED) is 0.446. The summed E-state index contributed by atoms with van der Waals surface area (Å²) in [6, 6.07) is 16.0. The van der Waals surface area contributed by atoms with Gasteiger partial charge in [0, 0.05) is 31.6 Å². The van der Waals surface area contributed by atoms with Gasteiger partial charge in [0.05, 0.1) is 26.4 Å². The summed E-state index contributed by atoms with van der Waals surface area (Å²) in [4.78, 5) is 4.33. The second-order valence-corrected chi connectivity index (χ2v) is 6.25. The van der Waals surface area contributed by atoms with Crippen molar-refractivity contribution in [3.63, 3.8) is 0 Å². The molecule has 1 aliphatic rings. The van der Waals surface area contributed by atoms with E-state index in [1.165, 1.54) is 5.56 Å². The van der Waals surface area contributed by atoms with Crippen LogP contribution in [0.3, 0.4) is 0 Å². The third kappa shape index (κ3) is 5.29. The zero-order valence-corrected chi connectivity index (χ0v) is 15.9. The Kier molecular flexibility index (Phi) is 6.79. The van der Waals surface area contributed by atoms with E-state index in [1.807, 2.05) is 42.5 Å². The number of guanidine groups is 1. The topological polar surface area (TPSA) is 64.1 Å². The maximum absolute atomic E-state index is 5.76. The highest BCUT2D eigenvalue weighted by atomic mass is 16.5. The predicted octanol–water partition coefficient (Wildman–Crippen LogP) is 3.15. The summed E-state index contributed by atoms with van der Waals surface area (Å²) >= 11 is 0. The van der Waals surface area contributed by atoms with Gasteiger partial charge in [-0.05, 0) is 24.6 Å². The molecule has 2 aromatic carbocycles. The minimum atomic E-state index is 0.203. The van der Waals surface area contributed by atoms with Crippen LogP contribution < -0.4 is 24.8 Å². The Morgan fingerprint density at radius 1 is 1.19 bits per heavy atom. The van der Waals surface area contributed by atoms with Crippen molar-refractivity contribution in [1.29, 1.82) is 0 Å². The molecule has 0 aromatic heterocycles. The Bertz CT molecular complexity index is 764. The normalized spacial score (nSPS) is 16.1. The van der Waals surface area contributed by atoms with Gasteiger partial charge in [-0.25, -0.2) is 0 Å². The van der Waals surface area contributed by atoms with Gasteiger partial charge < -0.3 is 24.8 Å². The van der Waals surface area contributed by atoms with Crippen molar-refractivity contribution in [3.05, 3.63) is 54.1 Å². The third-order valence-electron chi connectivity index (χ3n) is 4.42. The van der Waals surface area contributed by atoms with E-state index in [0.29, 0.717) is 13.2 Å². The fraction of sp³-hybridized carbons (Fsp3) is 0.381. The van der Waals surface area contributed by atoms with Gasteiger partial charge in [0.15, 0.2) is 5.96 Å². The Labute approximate surface area is 160 Å². The number of nitrogens with one attached hydrogen (secondary N) is 2. The average molecular weight is 369 g/mol. The second kappa shape index (κ2) is 9.71. The van der Waals surface area contributed by atoms with E-state index < -0.39 is 0 Å². The molecule has 0 saturated carbocycles. The highest BCUT2D eigenvalue weighted by Crippen LogP contribution is 2.31. The van der Waals surface area contributed by atoms with Crippen LogP contribution in [0.2, 0.25) is 0 Å². The SMILES string of the molecule is CN=C(NCCCOc1cccc(OC)c1)NC1CCOc2ccccc21. The number of nitrogens with zero attached hydrogens (tertiary/aromatic N) is 1. The van der Waals surface area contributed by atoms with Crippen LogP contribution in [0.1, 0.15) is 24.4 Å². The second-order valence-electron chi connectivity index (χ2n) is 6.25. The van der Waals surface area contributed by atoms with Gasteiger partial charge in [0.2, 0.25) is 0 Å². The maximum Gasteiger partial charge on any atom is 0.191 e. The summed E-state index contributed by atoms with van der Waals surface area (Å²) in [7, 11) is 3.44. The molecular weight excluding hydrogens is 342 g/mol. The molecule has 0 bridgehead atoms. The Balaban J connectivity index is 1.42. The lowest BCUT2D eigenvalue weighted by molar-refractivity contribution is 0.261. The first kappa shape index (κ1) is 18.9. The molecule has 0 fully saturated rings. The number of para-hydroxylation sites is 1. The highest BCUT2D eigenvalue weighted by Gasteiger charge is 2.21. The van der Waals surface area contributed by atoms with Crippen molar-refractivity contribution in [2.24, 2.45) is 4.99 Å². The number of ether oxygens (including phenoxy) is 3. The van der Waals surface area contributed by atoms with Crippen LogP contribution >= 0.6 is 0 Å². The van der Waals surface area contributed by atoms with E-state index in [-0.39, 0.29) is 6.04 Å². The van der Waals surface area contributed by atoms with Crippen molar-refractivity contribution in [3.8, 4) is 17.2 Å². The lowest BCUT2D eigenvalue weighted by atomic mass is 10.0. The first-order valence-electron chi connectivity index (χ1n) is 9.26. The molecule has 27 heavy (non-hydrogen) atoms. The summed E-state index contributed by atoms with van der Waals surface area (Å²) in [6.45, 7) is 2.10. The fourth-order valence-electron chi connectivity index (χ4n) is 3.01. The molecule has 1 atom stereocenters. The number of methoxy groups -OCH3 is 1. The smallest absolute Gasteiger partial charge is 0.191 e. The van der Waals surface area contributed by atoms with Crippen LogP contribution in [0.4, 0.5) is 0 Å². The van der Waals surface area contributed by atoms with E-state index in [0.717, 1.165) is 42.6 Å². The minimum Gasteiger partial charge on any atom is -0.497 e. The van der Waals surface area contributed by atoms with E-state index in [2.05, 4.69) is 21.7 Å². The van der Waals surface area contributed by atoms with Crippen LogP contribution in [0.15, 0.2) is 53.5 Å². The molecule has 1 heterocycles. The van der Waals surface area contributed by atoms with Crippen LogP contribution in [-0.2, 0) is 0 Å². The van der Waals surface area contributed by atoms with Crippen LogP contribution in [-0.4, -0.2) is 39.9 Å². The molecule has 6 nitrogen and oxygen atoms in total. The molecule has 0 radical (unpaired) electrons. The molecule has 0 aliphatic carbocycles. The van der Waals surface area contributed by atoms with Gasteiger partial charge in [-0.2, -0.15) is 0 Å². The number of rotatable bonds is 7. The highest BCUT2D eigenvalue weighted by molar-refractivity contribution is 5.80. The molecule has 3 rings (SSSR count). The maximum atomic E-state index is 5.76. The van der Waals surface area contributed by atoms with Crippen molar-refractivity contribution in [2.45, 2.75) is 18.9 Å². The van der Waals surface area contributed by atoms with Gasteiger partial charge >= 0.3 is 0 Å². The Morgan fingerprint density at radius 3 is 2.89 bits per heavy atom. The number of aliphatic imine (C=N–C) groups is 1. The number of hydrogen-bond acceptors (Lipinski definition) is 4. The van der Waals surface area contributed by atoms with Crippen molar-refractivity contribution >= 4 is 5.96 Å². The van der Waals surface area contributed by atoms with Crippen LogP contribution in [0, 0.1) is 0 Å². The molecule has 0 spiro atoms. The first-order chi connectivity index (χ1) is 13.3. The summed E-state index contributed by atoms with van der Waals surface area (Å²) in [5, 5.41) is 6.84. The average Bonchev–Trinajstić information content (AvgIpc) is 2.73. The van der Waals surface area contributed by atoms with E-state index in [1.54, 1.807) is 14.2 Å². The van der Waals surface area contributed by atoms with Gasteiger partial charge in [0.1, 0.15) is 17.2 Å². The van der Waals surface area contributed by atoms with Crippen molar-refractivity contribution in [1.82, 2.24) is 10.6 Å². The van der Waals surface area contributed by atoms with Crippen LogP contribution in [0.25, 0.3) is 0 Å². The summed E-state index contributed by atoms with van der Waals surface area (Å²) in [6.07, 6.45) is 1.78. The molecule has 1 aliphatic heterocycles. The molecule has 144 valence electrons. The molecule has 2 N–H and O–H groups in total. The molecule has 0 saturated heterocycles. The van der Waals surface area contributed by atoms with E-state index in [4.69, 9.17) is 14.2 Å². The number of benzene rings is 2. The molecule has 0 amide bonds. The van der Waals surface area contributed by atoms with Gasteiger partial charge in [-0.1, -0.05) is 24.3 Å². The lowest BCUT2D eigenvalue weighted by Crippen LogP contribution is -2.41. The third-order valence-corrected chi connectivity index (χ3v) is 4.42. The summed E-state index contributed by atoms with van der Waals surface area (Å²) in [5.74, 6) is 3.35. The summed E-state index contributed by atoms with van der Waals surface area (Å²) in [5.41, 5.74) is 1.17. The van der Waals surface area contributed by atoms with Gasteiger partial charge in [-0.15, -0.1) is 0 Å². The fourth-order valence-corrected chi connectivity index (χ4v) is 3.01. The largest absolute Gasteiger partial charge is 0.497 e. The van der Waals surface area contributed by atoms with Crippen molar-refractivity contribution < 1.29 is 14.2 Å². The van der Waals surface area contributed by atoms with Crippen LogP contribution in [0.5, 0.6) is 17.2 Å².